The first-order chi connectivity index (χ1) is 12.2. The molecule has 1 amide bonds. The highest BCUT2D eigenvalue weighted by atomic mass is 16.5. The number of carbonyl (C=O) groups is 1. The molecular formula is C20H29N3O2. The number of likely N-dealkylation sites (tertiary alicyclic amines) is 1. The number of benzene rings is 1. The maximum absolute atomic E-state index is 12.6. The molecule has 0 aromatic heterocycles. The highest BCUT2D eigenvalue weighted by Crippen LogP contribution is 2.24. The molecule has 3 unspecified atom stereocenters. The molecule has 5 heteroatoms. The fraction of sp³-hybridized carbons (Fsp3) is 0.600. The van der Waals surface area contributed by atoms with Crippen LogP contribution in [0.1, 0.15) is 44.6 Å². The standard InChI is InChI=1S/C20H29N3O2/c1-3-4-6-11-20(24)23-15-17(25-2)12-19(23)18(13-21)22-14-16-9-7-5-8-10-16/h5,7-10,17-19,22H,3-4,6,11-12,14-15H2,1-2H3. The van der Waals surface area contributed by atoms with Crippen LogP contribution in [0.2, 0.25) is 0 Å². The zero-order chi connectivity index (χ0) is 18.1. The number of hydrogen-bond acceptors (Lipinski definition) is 4. The van der Waals surface area contributed by atoms with E-state index in [2.05, 4.69) is 18.3 Å². The van der Waals surface area contributed by atoms with Gasteiger partial charge in [-0.15, -0.1) is 0 Å². The molecule has 0 saturated carbocycles. The second-order valence-corrected chi connectivity index (χ2v) is 6.64. The monoisotopic (exact) mass is 343 g/mol. The van der Waals surface area contributed by atoms with Crippen LogP contribution in [0, 0.1) is 11.3 Å². The summed E-state index contributed by atoms with van der Waals surface area (Å²) in [5.74, 6) is 0.139. The first-order valence-electron chi connectivity index (χ1n) is 9.18. The zero-order valence-corrected chi connectivity index (χ0v) is 15.3. The Hall–Kier alpha value is -1.90. The minimum atomic E-state index is -0.393. The van der Waals surface area contributed by atoms with Crippen LogP contribution in [0.15, 0.2) is 30.3 Å². The molecule has 1 N–H and O–H groups in total. The highest BCUT2D eigenvalue weighted by Gasteiger charge is 2.39. The lowest BCUT2D eigenvalue weighted by atomic mass is 10.0. The average Bonchev–Trinajstić information content (AvgIpc) is 3.08. The zero-order valence-electron chi connectivity index (χ0n) is 15.3. The molecule has 1 aromatic rings. The molecule has 0 aliphatic carbocycles. The van der Waals surface area contributed by atoms with Crippen molar-refractivity contribution in [1.29, 1.82) is 5.26 Å². The van der Waals surface area contributed by atoms with E-state index in [1.165, 1.54) is 0 Å². The van der Waals surface area contributed by atoms with Crippen LogP contribution in [0.3, 0.4) is 0 Å². The van der Waals surface area contributed by atoms with Crippen LogP contribution >= 0.6 is 0 Å². The molecule has 1 heterocycles. The Bertz CT molecular complexity index is 570. The summed E-state index contributed by atoms with van der Waals surface area (Å²) in [7, 11) is 1.67. The van der Waals surface area contributed by atoms with E-state index in [0.29, 0.717) is 25.9 Å². The van der Waals surface area contributed by atoms with Gasteiger partial charge in [-0.05, 0) is 18.4 Å². The number of carbonyl (C=O) groups excluding carboxylic acids is 1. The van der Waals surface area contributed by atoms with E-state index in [9.17, 15) is 10.1 Å². The van der Waals surface area contributed by atoms with Gasteiger partial charge in [0.05, 0.1) is 18.2 Å². The van der Waals surface area contributed by atoms with Crippen molar-refractivity contribution in [3.63, 3.8) is 0 Å². The molecule has 1 aromatic carbocycles. The van der Waals surface area contributed by atoms with Crippen molar-refractivity contribution in [2.45, 2.75) is 63.8 Å². The maximum Gasteiger partial charge on any atom is 0.222 e. The summed E-state index contributed by atoms with van der Waals surface area (Å²) >= 11 is 0. The van der Waals surface area contributed by atoms with Crippen LogP contribution in [-0.4, -0.2) is 42.6 Å². The lowest BCUT2D eigenvalue weighted by Crippen LogP contribution is -2.48. The Kier molecular flexibility index (Phi) is 7.90. The molecule has 3 atom stereocenters. The molecule has 0 spiro atoms. The molecule has 1 aliphatic heterocycles. The van der Waals surface area contributed by atoms with E-state index >= 15 is 0 Å². The van der Waals surface area contributed by atoms with E-state index in [1.54, 1.807) is 7.11 Å². The van der Waals surface area contributed by atoms with Gasteiger partial charge in [0.2, 0.25) is 5.91 Å². The number of methoxy groups -OCH3 is 1. The van der Waals surface area contributed by atoms with Crippen molar-refractivity contribution in [1.82, 2.24) is 10.2 Å². The van der Waals surface area contributed by atoms with Crippen LogP contribution in [0.25, 0.3) is 0 Å². The summed E-state index contributed by atoms with van der Waals surface area (Å²) in [6.45, 7) is 3.33. The second kappa shape index (κ2) is 10.2. The van der Waals surface area contributed by atoms with Crippen LogP contribution in [0.5, 0.6) is 0 Å². The van der Waals surface area contributed by atoms with Crippen molar-refractivity contribution in [3.05, 3.63) is 35.9 Å². The van der Waals surface area contributed by atoms with Gasteiger partial charge in [-0.2, -0.15) is 5.26 Å². The van der Waals surface area contributed by atoms with Gasteiger partial charge >= 0.3 is 0 Å². The molecule has 5 nitrogen and oxygen atoms in total. The molecule has 0 radical (unpaired) electrons. The Balaban J connectivity index is 2.00. The fourth-order valence-corrected chi connectivity index (χ4v) is 3.36. The molecule has 0 bridgehead atoms. The first kappa shape index (κ1) is 19.4. The van der Waals surface area contributed by atoms with Crippen molar-refractivity contribution < 1.29 is 9.53 Å². The molecule has 1 saturated heterocycles. The van der Waals surface area contributed by atoms with E-state index < -0.39 is 6.04 Å². The number of hydrogen-bond donors (Lipinski definition) is 1. The summed E-state index contributed by atoms with van der Waals surface area (Å²) in [5, 5.41) is 13.0. The summed E-state index contributed by atoms with van der Waals surface area (Å²) in [4.78, 5) is 14.5. The van der Waals surface area contributed by atoms with Gasteiger partial charge in [0, 0.05) is 26.6 Å². The van der Waals surface area contributed by atoms with E-state index in [0.717, 1.165) is 24.8 Å². The van der Waals surface area contributed by atoms with Gasteiger partial charge in [-0.1, -0.05) is 50.1 Å². The Morgan fingerprint density at radius 2 is 2.16 bits per heavy atom. The van der Waals surface area contributed by atoms with E-state index in [4.69, 9.17) is 4.74 Å². The minimum Gasteiger partial charge on any atom is -0.380 e. The summed E-state index contributed by atoms with van der Waals surface area (Å²) < 4.78 is 5.47. The topological polar surface area (TPSA) is 65.4 Å². The molecule has 1 aliphatic rings. The number of unbranched alkanes of at least 4 members (excludes halogenated alkanes) is 2. The van der Waals surface area contributed by atoms with Crippen molar-refractivity contribution in [2.75, 3.05) is 13.7 Å². The number of rotatable bonds is 9. The first-order valence-corrected chi connectivity index (χ1v) is 9.18. The molecule has 1 fully saturated rings. The van der Waals surface area contributed by atoms with Gasteiger partial charge in [-0.3, -0.25) is 10.1 Å². The van der Waals surface area contributed by atoms with Crippen molar-refractivity contribution in [3.8, 4) is 6.07 Å². The third kappa shape index (κ3) is 5.55. The second-order valence-electron chi connectivity index (χ2n) is 6.64. The molecule has 136 valence electrons. The SMILES string of the molecule is CCCCCC(=O)N1CC(OC)CC1C(C#N)NCc1ccccc1. The molecule has 2 rings (SSSR count). The number of amides is 1. The number of nitriles is 1. The quantitative estimate of drug-likeness (QED) is 0.700. The number of ether oxygens (including phenoxy) is 1. The summed E-state index contributed by atoms with van der Waals surface area (Å²) in [5.41, 5.74) is 1.13. The predicted octanol–water partition coefficient (Wildman–Crippen LogP) is 2.86. The van der Waals surface area contributed by atoms with Crippen molar-refractivity contribution >= 4 is 5.91 Å². The normalized spacial score (nSPS) is 21.1. The highest BCUT2D eigenvalue weighted by molar-refractivity contribution is 5.77. The van der Waals surface area contributed by atoms with Gasteiger partial charge in [0.25, 0.3) is 0 Å². The maximum atomic E-state index is 12.6. The molecule has 25 heavy (non-hydrogen) atoms. The lowest BCUT2D eigenvalue weighted by Gasteiger charge is -2.28. The third-order valence-electron chi connectivity index (χ3n) is 4.85. The Morgan fingerprint density at radius 1 is 1.40 bits per heavy atom. The average molecular weight is 343 g/mol. The minimum absolute atomic E-state index is 0.00880. The van der Waals surface area contributed by atoms with Gasteiger partial charge in [0.1, 0.15) is 6.04 Å². The Labute approximate surface area is 151 Å². The van der Waals surface area contributed by atoms with Crippen LogP contribution in [0.4, 0.5) is 0 Å². The van der Waals surface area contributed by atoms with Gasteiger partial charge in [-0.25, -0.2) is 0 Å². The number of nitrogens with one attached hydrogen (secondary N) is 1. The predicted molar refractivity (Wildman–Crippen MR) is 97.7 cm³/mol. The van der Waals surface area contributed by atoms with Gasteiger partial charge < -0.3 is 9.64 Å². The van der Waals surface area contributed by atoms with Crippen LogP contribution < -0.4 is 5.32 Å². The largest absolute Gasteiger partial charge is 0.380 e. The number of nitrogens with zero attached hydrogens (tertiary/aromatic N) is 2. The summed E-state index contributed by atoms with van der Waals surface area (Å²) in [6.07, 6.45) is 4.33. The Morgan fingerprint density at radius 3 is 2.80 bits per heavy atom. The fourth-order valence-electron chi connectivity index (χ4n) is 3.36. The summed E-state index contributed by atoms with van der Waals surface area (Å²) in [6, 6.07) is 11.8. The molecular weight excluding hydrogens is 314 g/mol. The van der Waals surface area contributed by atoms with Crippen LogP contribution in [-0.2, 0) is 16.1 Å². The lowest BCUT2D eigenvalue weighted by molar-refractivity contribution is -0.132. The van der Waals surface area contributed by atoms with E-state index in [-0.39, 0.29) is 18.1 Å². The third-order valence-corrected chi connectivity index (χ3v) is 4.85. The van der Waals surface area contributed by atoms with Crippen molar-refractivity contribution in [2.24, 2.45) is 0 Å². The van der Waals surface area contributed by atoms with Gasteiger partial charge in [0.15, 0.2) is 0 Å². The van der Waals surface area contributed by atoms with E-state index in [1.807, 2.05) is 35.2 Å². The smallest absolute Gasteiger partial charge is 0.222 e.